The summed E-state index contributed by atoms with van der Waals surface area (Å²) >= 11 is 0. The fourth-order valence-electron chi connectivity index (χ4n) is 3.80. The summed E-state index contributed by atoms with van der Waals surface area (Å²) < 4.78 is 5.38. The van der Waals surface area contributed by atoms with Crippen LogP contribution in [0, 0.1) is 0 Å². The van der Waals surface area contributed by atoms with Gasteiger partial charge in [-0.1, -0.05) is 0 Å². The number of carbonyl (C=O) groups excluding carboxylic acids is 2. The maximum absolute atomic E-state index is 13.0. The zero-order valence-electron chi connectivity index (χ0n) is 13.8. The molecule has 1 unspecified atom stereocenters. The van der Waals surface area contributed by atoms with Crippen molar-refractivity contribution in [1.29, 1.82) is 0 Å². The van der Waals surface area contributed by atoms with Gasteiger partial charge in [-0.3, -0.25) is 14.6 Å². The Balaban J connectivity index is 1.55. The number of hydrogen-bond donors (Lipinski definition) is 0. The van der Waals surface area contributed by atoms with Crippen molar-refractivity contribution in [2.24, 2.45) is 9.98 Å². The van der Waals surface area contributed by atoms with E-state index in [4.69, 9.17) is 9.73 Å². The van der Waals surface area contributed by atoms with Crippen LogP contribution in [0.3, 0.4) is 0 Å². The molecule has 24 heavy (non-hydrogen) atoms. The van der Waals surface area contributed by atoms with E-state index >= 15 is 0 Å². The number of morpholine rings is 1. The predicted octanol–water partition coefficient (Wildman–Crippen LogP) is 0.434. The molecule has 128 valence electrons. The lowest BCUT2D eigenvalue weighted by Gasteiger charge is -2.44. The first-order valence-electron chi connectivity index (χ1n) is 8.78. The minimum atomic E-state index is -0.950. The molecule has 0 aromatic heterocycles. The van der Waals surface area contributed by atoms with Crippen LogP contribution >= 0.6 is 0 Å². The summed E-state index contributed by atoms with van der Waals surface area (Å²) in [6.45, 7) is 4.55. The number of rotatable bonds is 2. The van der Waals surface area contributed by atoms with E-state index in [9.17, 15) is 9.59 Å². The number of aliphatic imine (C=N–C) groups is 2. The lowest BCUT2D eigenvalue weighted by Crippen LogP contribution is -2.68. The van der Waals surface area contributed by atoms with Gasteiger partial charge in [0.25, 0.3) is 5.91 Å². The maximum atomic E-state index is 13.0. The smallest absolute Gasteiger partial charge is 0.329 e. The third-order valence-corrected chi connectivity index (χ3v) is 5.40. The second-order valence-electron chi connectivity index (χ2n) is 7.28. The van der Waals surface area contributed by atoms with Crippen LogP contribution in [0.2, 0.25) is 0 Å². The van der Waals surface area contributed by atoms with E-state index in [-0.39, 0.29) is 24.0 Å². The lowest BCUT2D eigenvalue weighted by atomic mass is 10.0. The molecule has 2 saturated carbocycles. The second-order valence-corrected chi connectivity index (χ2v) is 7.28. The van der Waals surface area contributed by atoms with Crippen LogP contribution in [0.25, 0.3) is 0 Å². The van der Waals surface area contributed by atoms with Crippen LogP contribution in [-0.4, -0.2) is 82.4 Å². The molecule has 0 aromatic rings. The van der Waals surface area contributed by atoms with Crippen LogP contribution < -0.4 is 0 Å². The molecule has 0 N–H and O–H groups in total. The molecule has 2 aliphatic carbocycles. The molecule has 5 rings (SSSR count). The molecule has 0 spiro atoms. The molecule has 8 heteroatoms. The van der Waals surface area contributed by atoms with Crippen molar-refractivity contribution in [1.82, 2.24) is 14.7 Å². The molecule has 3 amide bonds. The number of amides is 3. The highest BCUT2D eigenvalue weighted by molar-refractivity contribution is 6.48. The standard InChI is InChI=1S/C16H21N5O3/c1-16-12(17-14(18-16)19-6-8-24-9-7-19)13(22)20(10-2-3-10)15(23)21(16)11-4-5-11/h10-11H,2-9H2,1H3. The van der Waals surface area contributed by atoms with Gasteiger partial charge >= 0.3 is 6.03 Å². The Labute approximate surface area is 140 Å². The summed E-state index contributed by atoms with van der Waals surface area (Å²) in [4.78, 5) is 40.6. The topological polar surface area (TPSA) is 77.8 Å². The molecule has 0 aromatic carbocycles. The quantitative estimate of drug-likeness (QED) is 0.735. The van der Waals surface area contributed by atoms with Crippen molar-refractivity contribution in [2.45, 2.75) is 50.4 Å². The highest BCUT2D eigenvalue weighted by Crippen LogP contribution is 2.43. The normalized spacial score (nSPS) is 33.6. The number of nitrogens with zero attached hydrogens (tertiary/aromatic N) is 5. The monoisotopic (exact) mass is 331 g/mol. The summed E-state index contributed by atoms with van der Waals surface area (Å²) in [7, 11) is 0. The molecule has 3 aliphatic heterocycles. The van der Waals surface area contributed by atoms with E-state index in [0.717, 1.165) is 25.7 Å². The Morgan fingerprint density at radius 2 is 1.75 bits per heavy atom. The van der Waals surface area contributed by atoms with E-state index in [0.29, 0.717) is 38.0 Å². The summed E-state index contributed by atoms with van der Waals surface area (Å²) in [5, 5.41) is 0. The molecule has 1 atom stereocenters. The molecule has 3 heterocycles. The summed E-state index contributed by atoms with van der Waals surface area (Å²) in [6, 6.07) is 0.0409. The van der Waals surface area contributed by atoms with Gasteiger partial charge in [0, 0.05) is 25.2 Å². The van der Waals surface area contributed by atoms with Gasteiger partial charge in [0.2, 0.25) is 5.96 Å². The van der Waals surface area contributed by atoms with E-state index in [1.54, 1.807) is 4.90 Å². The number of carbonyl (C=O) groups is 2. The first-order chi connectivity index (χ1) is 11.6. The minimum Gasteiger partial charge on any atom is -0.378 e. The number of fused-ring (bicyclic) bond motifs is 1. The summed E-state index contributed by atoms with van der Waals surface area (Å²) in [5.74, 6) is 0.314. The zero-order valence-corrected chi connectivity index (χ0v) is 13.8. The third-order valence-electron chi connectivity index (χ3n) is 5.40. The largest absolute Gasteiger partial charge is 0.378 e. The van der Waals surface area contributed by atoms with Crippen LogP contribution in [0.15, 0.2) is 9.98 Å². The average molecular weight is 331 g/mol. The summed E-state index contributed by atoms with van der Waals surface area (Å²) in [6.07, 6.45) is 3.75. The molecule has 2 saturated heterocycles. The van der Waals surface area contributed by atoms with Crippen molar-refractivity contribution < 1.29 is 14.3 Å². The molecule has 5 aliphatic rings. The lowest BCUT2D eigenvalue weighted by molar-refractivity contribution is -0.124. The molecule has 8 nitrogen and oxygen atoms in total. The van der Waals surface area contributed by atoms with Gasteiger partial charge in [0.15, 0.2) is 11.4 Å². The summed E-state index contributed by atoms with van der Waals surface area (Å²) in [5.41, 5.74) is -0.545. The Morgan fingerprint density at radius 1 is 1.08 bits per heavy atom. The number of ether oxygens (including phenoxy) is 1. The highest BCUT2D eigenvalue weighted by Gasteiger charge is 2.60. The van der Waals surface area contributed by atoms with E-state index in [1.165, 1.54) is 4.90 Å². The second kappa shape index (κ2) is 4.78. The molecule has 4 fully saturated rings. The number of hydrogen-bond acceptors (Lipinski definition) is 6. The molecular weight excluding hydrogens is 310 g/mol. The molecule has 0 bridgehead atoms. The van der Waals surface area contributed by atoms with Crippen LogP contribution in [0.4, 0.5) is 4.79 Å². The van der Waals surface area contributed by atoms with Gasteiger partial charge in [-0.2, -0.15) is 0 Å². The van der Waals surface area contributed by atoms with Gasteiger partial charge in [0.1, 0.15) is 0 Å². The maximum Gasteiger partial charge on any atom is 0.329 e. The van der Waals surface area contributed by atoms with Gasteiger partial charge in [0.05, 0.1) is 13.2 Å². The Bertz CT molecular complexity index is 675. The fraction of sp³-hybridized carbons (Fsp3) is 0.750. The van der Waals surface area contributed by atoms with Crippen molar-refractivity contribution in [3.8, 4) is 0 Å². The Morgan fingerprint density at radius 3 is 2.38 bits per heavy atom. The van der Waals surface area contributed by atoms with Crippen molar-refractivity contribution >= 4 is 23.6 Å². The van der Waals surface area contributed by atoms with E-state index in [2.05, 4.69) is 4.99 Å². The van der Waals surface area contributed by atoms with Crippen molar-refractivity contribution in [2.75, 3.05) is 26.3 Å². The first kappa shape index (κ1) is 14.4. The van der Waals surface area contributed by atoms with Crippen molar-refractivity contribution in [3.63, 3.8) is 0 Å². The Hall–Kier alpha value is -1.96. The van der Waals surface area contributed by atoms with Gasteiger partial charge in [-0.05, 0) is 32.6 Å². The number of imide groups is 1. The van der Waals surface area contributed by atoms with E-state index in [1.807, 2.05) is 11.8 Å². The van der Waals surface area contributed by atoms with Gasteiger partial charge in [-0.25, -0.2) is 14.8 Å². The van der Waals surface area contributed by atoms with Crippen LogP contribution in [-0.2, 0) is 9.53 Å². The molecule has 0 radical (unpaired) electrons. The fourth-order valence-corrected chi connectivity index (χ4v) is 3.80. The average Bonchev–Trinajstić information content (AvgIpc) is 3.48. The van der Waals surface area contributed by atoms with E-state index < -0.39 is 5.66 Å². The van der Waals surface area contributed by atoms with Gasteiger partial charge in [-0.15, -0.1) is 0 Å². The number of guanidine groups is 1. The van der Waals surface area contributed by atoms with Gasteiger partial charge < -0.3 is 9.64 Å². The SMILES string of the molecule is CC12N=C(N3CCOCC3)N=C1C(=O)N(C1CC1)C(=O)N2C1CC1. The number of urea groups is 1. The van der Waals surface area contributed by atoms with Crippen molar-refractivity contribution in [3.05, 3.63) is 0 Å². The third kappa shape index (κ3) is 1.95. The zero-order chi connectivity index (χ0) is 16.5. The predicted molar refractivity (Wildman–Crippen MR) is 85.8 cm³/mol. The first-order valence-corrected chi connectivity index (χ1v) is 8.78. The molecular formula is C16H21N5O3. The Kier molecular flexibility index (Phi) is 2.87. The van der Waals surface area contributed by atoms with Crippen LogP contribution in [0.5, 0.6) is 0 Å². The van der Waals surface area contributed by atoms with Crippen LogP contribution in [0.1, 0.15) is 32.6 Å². The highest BCUT2D eigenvalue weighted by atomic mass is 16.5. The minimum absolute atomic E-state index is 0.0472.